The van der Waals surface area contributed by atoms with Crippen molar-refractivity contribution in [1.29, 1.82) is 0 Å². The van der Waals surface area contributed by atoms with E-state index in [2.05, 4.69) is 26.1 Å². The summed E-state index contributed by atoms with van der Waals surface area (Å²) in [5.74, 6) is 3.71. The van der Waals surface area contributed by atoms with Crippen molar-refractivity contribution in [3.63, 3.8) is 0 Å². The third kappa shape index (κ3) is 5.86. The molecule has 44 heavy (non-hydrogen) atoms. The Morgan fingerprint density at radius 3 is 2.61 bits per heavy atom. The number of rotatable bonds is 9. The number of ether oxygens (including phenoxy) is 3. The van der Waals surface area contributed by atoms with Gasteiger partial charge in [-0.3, -0.25) is 14.3 Å². The summed E-state index contributed by atoms with van der Waals surface area (Å²) in [5, 5.41) is 9.66. The maximum atomic E-state index is 13.2. The van der Waals surface area contributed by atoms with Crippen LogP contribution in [-0.4, -0.2) is 75.5 Å². The monoisotopic (exact) mass is 610 g/mol. The van der Waals surface area contributed by atoms with E-state index in [-0.39, 0.29) is 12.7 Å². The molecule has 0 atom stereocenters. The van der Waals surface area contributed by atoms with Gasteiger partial charge in [-0.05, 0) is 42.0 Å². The second-order valence-corrected chi connectivity index (χ2v) is 11.3. The van der Waals surface area contributed by atoms with Crippen molar-refractivity contribution in [1.82, 2.24) is 29.5 Å². The molecule has 0 bridgehead atoms. The summed E-state index contributed by atoms with van der Waals surface area (Å²) in [4.78, 5) is 21.9. The van der Waals surface area contributed by atoms with Gasteiger partial charge in [0, 0.05) is 44.0 Å². The molecule has 2 aliphatic rings. The fourth-order valence-corrected chi connectivity index (χ4v) is 6.10. The molecule has 5 aromatic rings. The maximum Gasteiger partial charge on any atom is 0.275 e. The largest absolute Gasteiger partial charge is 0.497 e. The number of para-hydroxylation sites is 1. The molecule has 4 heterocycles. The lowest BCUT2D eigenvalue weighted by Crippen LogP contribution is -2.48. The minimum atomic E-state index is -0.125. The van der Waals surface area contributed by atoms with E-state index in [9.17, 15) is 4.79 Å². The summed E-state index contributed by atoms with van der Waals surface area (Å²) in [7, 11) is 1.64. The highest BCUT2D eigenvalue weighted by atomic mass is 32.2. The molecular weight excluding hydrogens is 580 g/mol. The summed E-state index contributed by atoms with van der Waals surface area (Å²) in [6, 6.07) is 23.7. The number of oxazole rings is 1. The van der Waals surface area contributed by atoms with Crippen molar-refractivity contribution in [2.24, 2.45) is 0 Å². The molecular formula is C32H30N6O5S. The van der Waals surface area contributed by atoms with E-state index in [0.717, 1.165) is 53.7 Å². The van der Waals surface area contributed by atoms with Crippen LogP contribution in [0.1, 0.15) is 21.9 Å². The zero-order chi connectivity index (χ0) is 29.9. The van der Waals surface area contributed by atoms with Crippen LogP contribution in [0.4, 0.5) is 0 Å². The van der Waals surface area contributed by atoms with Crippen molar-refractivity contribution < 1.29 is 23.4 Å². The normalized spacial score (nSPS) is 14.6. The minimum absolute atomic E-state index is 0.125. The molecule has 2 aliphatic heterocycles. The van der Waals surface area contributed by atoms with E-state index in [1.54, 1.807) is 7.11 Å². The molecule has 224 valence electrons. The van der Waals surface area contributed by atoms with Crippen LogP contribution >= 0.6 is 11.8 Å². The number of carbonyl (C=O) groups excluding carboxylic acids is 1. The SMILES string of the molecule is COc1cccc(-c2nnc(SCc3nc(C(=O)N4CCN(Cc5ccc6c(c5)OCO6)CC4)co3)n2-c2ccccc2)c1. The highest BCUT2D eigenvalue weighted by Gasteiger charge is 2.25. The van der Waals surface area contributed by atoms with Gasteiger partial charge in [-0.25, -0.2) is 4.98 Å². The zero-order valence-corrected chi connectivity index (χ0v) is 24.9. The van der Waals surface area contributed by atoms with Crippen LogP contribution in [-0.2, 0) is 12.3 Å². The average molecular weight is 611 g/mol. The van der Waals surface area contributed by atoms with Gasteiger partial charge in [0.2, 0.25) is 12.7 Å². The molecule has 3 aromatic carbocycles. The van der Waals surface area contributed by atoms with Crippen LogP contribution in [0, 0.1) is 0 Å². The Hall–Kier alpha value is -4.81. The predicted molar refractivity (Wildman–Crippen MR) is 163 cm³/mol. The number of thioether (sulfide) groups is 1. The van der Waals surface area contributed by atoms with Crippen LogP contribution < -0.4 is 14.2 Å². The van der Waals surface area contributed by atoms with Gasteiger partial charge in [-0.15, -0.1) is 10.2 Å². The molecule has 2 aromatic heterocycles. The first-order valence-electron chi connectivity index (χ1n) is 14.3. The number of piperazine rings is 1. The molecule has 1 saturated heterocycles. The van der Waals surface area contributed by atoms with Gasteiger partial charge in [0.15, 0.2) is 28.2 Å². The fraction of sp³-hybridized carbons (Fsp3) is 0.250. The van der Waals surface area contributed by atoms with Crippen LogP contribution in [0.15, 0.2) is 88.6 Å². The molecule has 1 amide bonds. The van der Waals surface area contributed by atoms with Crippen molar-refractivity contribution >= 4 is 17.7 Å². The molecule has 0 unspecified atom stereocenters. The van der Waals surface area contributed by atoms with Gasteiger partial charge in [0.05, 0.1) is 12.9 Å². The number of hydrogen-bond donors (Lipinski definition) is 0. The molecule has 11 nitrogen and oxygen atoms in total. The Bertz CT molecular complexity index is 1770. The lowest BCUT2D eigenvalue weighted by atomic mass is 10.1. The first-order valence-corrected chi connectivity index (χ1v) is 15.3. The van der Waals surface area contributed by atoms with Crippen molar-refractivity contribution in [2.75, 3.05) is 40.1 Å². The van der Waals surface area contributed by atoms with Crippen LogP contribution in [0.5, 0.6) is 17.2 Å². The average Bonchev–Trinajstić information content (AvgIpc) is 3.84. The highest BCUT2D eigenvalue weighted by molar-refractivity contribution is 7.98. The maximum absolute atomic E-state index is 13.2. The van der Waals surface area contributed by atoms with Gasteiger partial charge in [0.25, 0.3) is 5.91 Å². The van der Waals surface area contributed by atoms with E-state index < -0.39 is 0 Å². The van der Waals surface area contributed by atoms with Crippen LogP contribution in [0.25, 0.3) is 17.1 Å². The summed E-state index contributed by atoms with van der Waals surface area (Å²) in [6.07, 6.45) is 1.45. The summed E-state index contributed by atoms with van der Waals surface area (Å²) >= 11 is 1.44. The molecule has 0 radical (unpaired) electrons. The van der Waals surface area contributed by atoms with Crippen LogP contribution in [0.3, 0.4) is 0 Å². The molecule has 0 N–H and O–H groups in total. The third-order valence-electron chi connectivity index (χ3n) is 7.57. The smallest absolute Gasteiger partial charge is 0.275 e. The van der Waals surface area contributed by atoms with Gasteiger partial charge >= 0.3 is 0 Å². The van der Waals surface area contributed by atoms with Crippen molar-refractivity contribution in [2.45, 2.75) is 17.5 Å². The second-order valence-electron chi connectivity index (χ2n) is 10.4. The van der Waals surface area contributed by atoms with E-state index in [1.807, 2.05) is 76.2 Å². The quantitative estimate of drug-likeness (QED) is 0.214. The Kier molecular flexibility index (Phi) is 7.91. The number of hydrogen-bond acceptors (Lipinski definition) is 10. The van der Waals surface area contributed by atoms with Gasteiger partial charge in [-0.2, -0.15) is 0 Å². The summed E-state index contributed by atoms with van der Waals surface area (Å²) < 4.78 is 24.0. The number of methoxy groups -OCH3 is 1. The number of amides is 1. The number of nitrogens with zero attached hydrogens (tertiary/aromatic N) is 6. The second kappa shape index (κ2) is 12.4. The van der Waals surface area contributed by atoms with Gasteiger partial charge in [-0.1, -0.05) is 48.2 Å². The zero-order valence-electron chi connectivity index (χ0n) is 24.1. The topological polar surface area (TPSA) is 108 Å². The van der Waals surface area contributed by atoms with Gasteiger partial charge in [0.1, 0.15) is 12.0 Å². The Morgan fingerprint density at radius 2 is 1.77 bits per heavy atom. The standard InChI is InChI=1S/C32H30N6O5S/c1-40-25-9-5-6-23(17-25)30-34-35-32(38(30)24-7-3-2-4-8-24)44-20-29-33-26(19-41-29)31(39)37-14-12-36(13-15-37)18-22-10-11-27-28(16-22)43-21-42-27/h2-11,16-17,19H,12-15,18,20-21H2,1H3. The van der Waals surface area contributed by atoms with Crippen molar-refractivity contribution in [3.8, 4) is 34.3 Å². The summed E-state index contributed by atoms with van der Waals surface area (Å²) in [6.45, 7) is 3.83. The highest BCUT2D eigenvalue weighted by Crippen LogP contribution is 2.33. The number of carbonyl (C=O) groups is 1. The number of benzene rings is 3. The van der Waals surface area contributed by atoms with Crippen LogP contribution in [0.2, 0.25) is 0 Å². The molecule has 0 aliphatic carbocycles. The van der Waals surface area contributed by atoms with E-state index in [0.29, 0.717) is 41.4 Å². The molecule has 0 saturated carbocycles. The Balaban J connectivity index is 0.991. The number of fused-ring (bicyclic) bond motifs is 1. The predicted octanol–water partition coefficient (Wildman–Crippen LogP) is 4.91. The first-order chi connectivity index (χ1) is 21.6. The molecule has 1 fully saturated rings. The van der Waals surface area contributed by atoms with Gasteiger partial charge < -0.3 is 23.5 Å². The van der Waals surface area contributed by atoms with E-state index >= 15 is 0 Å². The first kappa shape index (κ1) is 28.0. The Morgan fingerprint density at radius 1 is 0.932 bits per heavy atom. The number of aromatic nitrogens is 4. The fourth-order valence-electron chi connectivity index (χ4n) is 5.29. The molecule has 7 rings (SSSR count). The lowest BCUT2D eigenvalue weighted by molar-refractivity contribution is 0.0622. The van der Waals surface area contributed by atoms with E-state index in [4.69, 9.17) is 18.6 Å². The lowest BCUT2D eigenvalue weighted by Gasteiger charge is -2.34. The third-order valence-corrected chi connectivity index (χ3v) is 8.49. The summed E-state index contributed by atoms with van der Waals surface area (Å²) in [5.41, 5.74) is 3.28. The molecule has 0 spiro atoms. The molecule has 12 heteroatoms. The Labute approximate surface area is 258 Å². The van der Waals surface area contributed by atoms with E-state index in [1.165, 1.54) is 18.0 Å². The minimum Gasteiger partial charge on any atom is -0.497 e. The van der Waals surface area contributed by atoms with Crippen molar-refractivity contribution in [3.05, 3.63) is 96.2 Å².